The van der Waals surface area contributed by atoms with E-state index in [1.54, 1.807) is 4.90 Å². The van der Waals surface area contributed by atoms with Crippen LogP contribution in [0.5, 0.6) is 0 Å². The van der Waals surface area contributed by atoms with Crippen LogP contribution >= 0.6 is 0 Å². The number of fused-ring (bicyclic) bond motifs is 4. The summed E-state index contributed by atoms with van der Waals surface area (Å²) < 4.78 is 42.1. The van der Waals surface area contributed by atoms with Crippen molar-refractivity contribution in [1.29, 1.82) is 0 Å². The van der Waals surface area contributed by atoms with Crippen molar-refractivity contribution >= 4 is 11.8 Å². The monoisotopic (exact) mass is 453 g/mol. The molecule has 0 spiro atoms. The molecule has 2 saturated heterocycles. The number of carboxylic acids is 1. The van der Waals surface area contributed by atoms with Gasteiger partial charge in [-0.15, -0.1) is 0 Å². The summed E-state index contributed by atoms with van der Waals surface area (Å²) in [6.45, 7) is 0. The van der Waals surface area contributed by atoms with Gasteiger partial charge in [0.25, 0.3) is 0 Å². The second-order valence-corrected chi connectivity index (χ2v) is 10.3. The van der Waals surface area contributed by atoms with E-state index in [4.69, 9.17) is 15.2 Å². The highest BCUT2D eigenvalue weighted by Crippen LogP contribution is 2.47. The number of ketones is 1. The van der Waals surface area contributed by atoms with Gasteiger partial charge in [-0.3, -0.25) is 4.79 Å². The molecule has 12 atom stereocenters. The molecule has 3 aliphatic carbocycles. The number of ether oxygens (including phenoxy) is 2. The molecular weight excluding hydrogens is 424 g/mol. The maximum absolute atomic E-state index is 14.9. The normalized spacial score (nSPS) is 52.2. The van der Waals surface area contributed by atoms with Crippen molar-refractivity contribution in [2.75, 3.05) is 0 Å². The number of carbonyl (C=O) groups is 2. The molecule has 176 valence electrons. The van der Waals surface area contributed by atoms with Crippen LogP contribution in [0.25, 0.3) is 0 Å². The molecule has 4 N–H and O–H groups in total. The van der Waals surface area contributed by atoms with Crippen LogP contribution < -0.4 is 11.1 Å². The Hall–Kier alpha value is -1.62. The Morgan fingerprint density at radius 2 is 1.88 bits per heavy atom. The average Bonchev–Trinajstić information content (AvgIpc) is 2.75. The lowest BCUT2D eigenvalue weighted by Crippen LogP contribution is -2.73. The van der Waals surface area contributed by atoms with Gasteiger partial charge in [0.1, 0.15) is 17.8 Å². The fraction of sp³-hybridized carbons (Fsp3) is 0.818. The van der Waals surface area contributed by atoms with Crippen LogP contribution in [0.4, 0.5) is 8.78 Å². The number of hydrogen-bond donors (Lipinski definition) is 3. The lowest BCUT2D eigenvalue weighted by atomic mass is 9.70. The standard InChI is InChI=1S/C22H29F2N3O5/c23-11-4-9-19-21(18(11)24)32-17-5-13-16(31-15-3-8(25)1-2-12(15)26-13)6-14(17)27(19)7-10(20(9)28)22(29)30/h7-9,11-19,21,26H,1-6,25H2,(H,29,30). The third kappa shape index (κ3) is 3.06. The molecule has 12 unspecified atom stereocenters. The summed E-state index contributed by atoms with van der Waals surface area (Å²) in [4.78, 5) is 26.4. The minimum Gasteiger partial charge on any atom is -0.478 e. The smallest absolute Gasteiger partial charge is 0.340 e. The second kappa shape index (κ2) is 7.44. The molecule has 0 aromatic rings. The molecule has 0 aromatic carbocycles. The van der Waals surface area contributed by atoms with Gasteiger partial charge in [-0.2, -0.15) is 0 Å². The fourth-order valence-corrected chi connectivity index (χ4v) is 7.01. The topological polar surface area (TPSA) is 114 Å². The Morgan fingerprint density at radius 1 is 1.09 bits per heavy atom. The van der Waals surface area contributed by atoms with Crippen LogP contribution in [-0.2, 0) is 19.1 Å². The summed E-state index contributed by atoms with van der Waals surface area (Å²) in [5.74, 6) is -2.90. The number of nitrogens with one attached hydrogen (secondary N) is 1. The van der Waals surface area contributed by atoms with E-state index >= 15 is 0 Å². The SMILES string of the molecule is NC1CCC2NC3CC4OC5C(F)C(F)CC6C(=O)C(C(=O)O)=CN(C4CC3OC2C1)C65. The van der Waals surface area contributed by atoms with Crippen LogP contribution in [0.3, 0.4) is 0 Å². The molecule has 6 aliphatic rings. The van der Waals surface area contributed by atoms with Crippen molar-refractivity contribution in [2.45, 2.75) is 105 Å². The summed E-state index contributed by atoms with van der Waals surface area (Å²) in [7, 11) is 0. The third-order valence-electron chi connectivity index (χ3n) is 8.51. The molecular formula is C22H29F2N3O5. The summed E-state index contributed by atoms with van der Waals surface area (Å²) >= 11 is 0. The molecule has 3 saturated carbocycles. The maximum Gasteiger partial charge on any atom is 0.340 e. The molecule has 10 heteroatoms. The number of Topliss-reactive ketones (excluding diaryl/α,β-unsaturated/α-hetero) is 1. The Bertz CT molecular complexity index is 857. The van der Waals surface area contributed by atoms with Crippen LogP contribution in [0, 0.1) is 5.92 Å². The lowest BCUT2D eigenvalue weighted by Gasteiger charge is -2.60. The number of rotatable bonds is 1. The largest absolute Gasteiger partial charge is 0.478 e. The zero-order valence-corrected chi connectivity index (χ0v) is 17.6. The lowest BCUT2D eigenvalue weighted by molar-refractivity contribution is -0.231. The van der Waals surface area contributed by atoms with Crippen molar-refractivity contribution < 1.29 is 33.0 Å². The van der Waals surface area contributed by atoms with Gasteiger partial charge >= 0.3 is 5.97 Å². The first-order valence-electron chi connectivity index (χ1n) is 11.7. The molecule has 6 rings (SSSR count). The molecule has 5 fully saturated rings. The van der Waals surface area contributed by atoms with E-state index in [0.717, 1.165) is 19.3 Å². The first-order chi connectivity index (χ1) is 15.3. The number of carboxylic acid groups (broad SMARTS) is 1. The zero-order chi connectivity index (χ0) is 22.3. The van der Waals surface area contributed by atoms with Gasteiger partial charge in [-0.25, -0.2) is 13.6 Å². The third-order valence-corrected chi connectivity index (χ3v) is 8.51. The molecule has 0 radical (unpaired) electrons. The van der Waals surface area contributed by atoms with Crippen molar-refractivity contribution in [3.8, 4) is 0 Å². The quantitative estimate of drug-likeness (QED) is 0.490. The Labute approximate surface area is 184 Å². The van der Waals surface area contributed by atoms with E-state index < -0.39 is 48.3 Å². The van der Waals surface area contributed by atoms with E-state index in [1.165, 1.54) is 6.20 Å². The highest BCUT2D eigenvalue weighted by molar-refractivity contribution is 6.18. The number of aliphatic carboxylic acids is 1. The van der Waals surface area contributed by atoms with E-state index in [9.17, 15) is 23.5 Å². The van der Waals surface area contributed by atoms with Crippen molar-refractivity contribution in [3.63, 3.8) is 0 Å². The molecule has 3 aliphatic heterocycles. The Balaban J connectivity index is 1.32. The van der Waals surface area contributed by atoms with Gasteiger partial charge in [0.05, 0.1) is 30.4 Å². The fourth-order valence-electron chi connectivity index (χ4n) is 7.01. The summed E-state index contributed by atoms with van der Waals surface area (Å²) in [5.41, 5.74) is 5.78. The molecule has 0 aromatic heterocycles. The summed E-state index contributed by atoms with van der Waals surface area (Å²) in [5, 5.41) is 13.3. The predicted molar refractivity (Wildman–Crippen MR) is 107 cm³/mol. The van der Waals surface area contributed by atoms with Crippen LogP contribution in [0.15, 0.2) is 11.8 Å². The average molecular weight is 453 g/mol. The molecule has 32 heavy (non-hydrogen) atoms. The van der Waals surface area contributed by atoms with Gasteiger partial charge in [0, 0.05) is 30.2 Å². The van der Waals surface area contributed by atoms with Crippen molar-refractivity contribution in [3.05, 3.63) is 11.8 Å². The highest BCUT2D eigenvalue weighted by Gasteiger charge is 2.60. The summed E-state index contributed by atoms with van der Waals surface area (Å²) in [6, 6.07) is -0.592. The molecule has 0 amide bonds. The summed E-state index contributed by atoms with van der Waals surface area (Å²) in [6.07, 6.45) is -0.461. The number of alkyl halides is 2. The number of hydrogen-bond acceptors (Lipinski definition) is 7. The van der Waals surface area contributed by atoms with Crippen LogP contribution in [-0.4, -0.2) is 88.7 Å². The van der Waals surface area contributed by atoms with Gasteiger partial charge in [-0.05, 0) is 38.5 Å². The minimum atomic E-state index is -1.85. The number of halogens is 2. The van der Waals surface area contributed by atoms with Gasteiger partial charge in [0.2, 0.25) is 0 Å². The van der Waals surface area contributed by atoms with E-state index in [0.29, 0.717) is 12.8 Å². The number of morpholine rings is 2. The number of nitrogens with two attached hydrogens (primary N) is 1. The van der Waals surface area contributed by atoms with E-state index in [1.807, 2.05) is 0 Å². The molecule has 0 bridgehead atoms. The Kier molecular flexibility index (Phi) is 4.87. The zero-order valence-electron chi connectivity index (χ0n) is 17.6. The first kappa shape index (κ1) is 20.9. The number of nitrogens with zero attached hydrogens (tertiary/aromatic N) is 1. The Morgan fingerprint density at radius 3 is 2.66 bits per heavy atom. The highest BCUT2D eigenvalue weighted by atomic mass is 19.2. The minimum absolute atomic E-state index is 0.0244. The second-order valence-electron chi connectivity index (χ2n) is 10.3. The van der Waals surface area contributed by atoms with E-state index in [-0.39, 0.29) is 48.4 Å². The molecule has 3 heterocycles. The molecule has 8 nitrogen and oxygen atoms in total. The number of carbonyl (C=O) groups excluding carboxylic acids is 1. The first-order valence-corrected chi connectivity index (χ1v) is 11.7. The van der Waals surface area contributed by atoms with Crippen molar-refractivity contribution in [2.24, 2.45) is 11.7 Å². The predicted octanol–water partition coefficient (Wildman–Crippen LogP) is 0.440. The van der Waals surface area contributed by atoms with Crippen molar-refractivity contribution in [1.82, 2.24) is 10.2 Å². The van der Waals surface area contributed by atoms with Crippen LogP contribution in [0.1, 0.15) is 38.5 Å². The van der Waals surface area contributed by atoms with Gasteiger partial charge in [0.15, 0.2) is 12.0 Å². The van der Waals surface area contributed by atoms with Gasteiger partial charge < -0.3 is 30.5 Å². The maximum atomic E-state index is 14.9. The van der Waals surface area contributed by atoms with E-state index in [2.05, 4.69) is 5.32 Å². The van der Waals surface area contributed by atoms with Gasteiger partial charge in [-0.1, -0.05) is 0 Å². The van der Waals surface area contributed by atoms with Crippen LogP contribution in [0.2, 0.25) is 0 Å².